The number of piperazine rings is 1. The standard InChI is InChI=1S/C28H32N6O4/c1-18-14-24-22(25-23(26(35)31-24)16-30-34(25)20-5-12-38-13-6-20)15-21(18)28(36)33-10-8-32(9-11-33)17-19-4-3-7-29-27(19)37-2/h3-4,7,14-16,20H,5-6,8-13,17H2,1-2H3,(H,31,35). The maximum absolute atomic E-state index is 13.7. The van der Waals surface area contributed by atoms with Crippen molar-refractivity contribution in [2.45, 2.75) is 32.4 Å². The van der Waals surface area contributed by atoms with E-state index >= 15 is 0 Å². The van der Waals surface area contributed by atoms with Crippen LogP contribution in [0.3, 0.4) is 0 Å². The number of aryl methyl sites for hydroxylation is 1. The summed E-state index contributed by atoms with van der Waals surface area (Å²) in [6.45, 7) is 6.82. The molecule has 2 aliphatic rings. The molecule has 1 N–H and O–H groups in total. The number of nitrogens with one attached hydrogen (secondary N) is 1. The van der Waals surface area contributed by atoms with E-state index in [1.165, 1.54) is 0 Å². The number of aromatic nitrogens is 4. The number of carbonyl (C=O) groups excluding carboxylic acids is 1. The van der Waals surface area contributed by atoms with Crippen LogP contribution in [0.2, 0.25) is 0 Å². The minimum Gasteiger partial charge on any atom is -0.481 e. The number of rotatable bonds is 5. The monoisotopic (exact) mass is 516 g/mol. The van der Waals surface area contributed by atoms with E-state index in [-0.39, 0.29) is 17.5 Å². The highest BCUT2D eigenvalue weighted by molar-refractivity contribution is 6.07. The molecule has 0 atom stereocenters. The lowest BCUT2D eigenvalue weighted by Crippen LogP contribution is -2.48. The molecule has 3 aromatic heterocycles. The first kappa shape index (κ1) is 24.6. The highest BCUT2D eigenvalue weighted by Gasteiger charge is 2.26. The minimum absolute atomic E-state index is 0.0134. The van der Waals surface area contributed by atoms with Crippen molar-refractivity contribution in [2.75, 3.05) is 46.5 Å². The molecule has 198 valence electrons. The van der Waals surface area contributed by atoms with Crippen LogP contribution in [0, 0.1) is 6.92 Å². The Morgan fingerprint density at radius 1 is 1.16 bits per heavy atom. The molecule has 0 spiro atoms. The predicted molar refractivity (Wildman–Crippen MR) is 144 cm³/mol. The average Bonchev–Trinajstić information content (AvgIpc) is 3.40. The van der Waals surface area contributed by atoms with Crippen LogP contribution in [0.15, 0.2) is 41.5 Å². The number of ether oxygens (including phenoxy) is 2. The van der Waals surface area contributed by atoms with Crippen LogP contribution in [0.5, 0.6) is 5.88 Å². The number of aromatic amines is 1. The fraction of sp³-hybridized carbons (Fsp3) is 0.429. The molecule has 10 heteroatoms. The number of nitrogens with zero attached hydrogens (tertiary/aromatic N) is 5. The second kappa shape index (κ2) is 10.2. The Morgan fingerprint density at radius 3 is 2.71 bits per heavy atom. The molecule has 5 heterocycles. The molecule has 2 aliphatic heterocycles. The van der Waals surface area contributed by atoms with Crippen LogP contribution in [-0.4, -0.2) is 82.0 Å². The lowest BCUT2D eigenvalue weighted by Gasteiger charge is -2.35. The second-order valence-electron chi connectivity index (χ2n) is 10.1. The summed E-state index contributed by atoms with van der Waals surface area (Å²) >= 11 is 0. The topological polar surface area (TPSA) is 106 Å². The van der Waals surface area contributed by atoms with Gasteiger partial charge in [-0.05, 0) is 43.5 Å². The van der Waals surface area contributed by atoms with Gasteiger partial charge in [-0.1, -0.05) is 6.07 Å². The number of fused-ring (bicyclic) bond motifs is 3. The van der Waals surface area contributed by atoms with Crippen LogP contribution in [-0.2, 0) is 11.3 Å². The quantitative estimate of drug-likeness (QED) is 0.435. The van der Waals surface area contributed by atoms with Crippen molar-refractivity contribution in [1.82, 2.24) is 29.5 Å². The van der Waals surface area contributed by atoms with E-state index < -0.39 is 0 Å². The molecule has 0 bridgehead atoms. The number of hydrogen-bond acceptors (Lipinski definition) is 7. The third-order valence-corrected chi connectivity index (χ3v) is 7.77. The van der Waals surface area contributed by atoms with Gasteiger partial charge in [0.2, 0.25) is 5.88 Å². The maximum atomic E-state index is 13.7. The van der Waals surface area contributed by atoms with Gasteiger partial charge < -0.3 is 19.4 Å². The van der Waals surface area contributed by atoms with Gasteiger partial charge in [0.1, 0.15) is 0 Å². The Labute approximate surface area is 220 Å². The van der Waals surface area contributed by atoms with Gasteiger partial charge in [-0.15, -0.1) is 0 Å². The summed E-state index contributed by atoms with van der Waals surface area (Å²) < 4.78 is 12.9. The van der Waals surface area contributed by atoms with Gasteiger partial charge in [-0.25, -0.2) is 4.98 Å². The summed E-state index contributed by atoms with van der Waals surface area (Å²) in [5, 5.41) is 5.99. The van der Waals surface area contributed by atoms with Gasteiger partial charge in [0.05, 0.1) is 35.8 Å². The van der Waals surface area contributed by atoms with E-state index in [9.17, 15) is 9.59 Å². The Hall–Kier alpha value is -3.76. The highest BCUT2D eigenvalue weighted by atomic mass is 16.5. The van der Waals surface area contributed by atoms with Crippen molar-refractivity contribution >= 4 is 27.7 Å². The zero-order chi connectivity index (χ0) is 26.2. The molecular formula is C28H32N6O4. The van der Waals surface area contributed by atoms with E-state index in [4.69, 9.17) is 9.47 Å². The number of H-pyrrole nitrogens is 1. The first-order chi connectivity index (χ1) is 18.5. The number of pyridine rings is 2. The van der Waals surface area contributed by atoms with Crippen molar-refractivity contribution in [2.24, 2.45) is 0 Å². The fourth-order valence-electron chi connectivity index (χ4n) is 5.68. The van der Waals surface area contributed by atoms with Gasteiger partial charge in [0.15, 0.2) is 0 Å². The number of carbonyl (C=O) groups is 1. The van der Waals surface area contributed by atoms with Crippen molar-refractivity contribution in [3.05, 3.63) is 63.7 Å². The van der Waals surface area contributed by atoms with Crippen LogP contribution >= 0.6 is 0 Å². The molecule has 1 amide bonds. The van der Waals surface area contributed by atoms with Crippen molar-refractivity contribution in [3.8, 4) is 5.88 Å². The van der Waals surface area contributed by atoms with Crippen LogP contribution in [0.25, 0.3) is 21.8 Å². The molecule has 0 unspecified atom stereocenters. The molecule has 1 aromatic carbocycles. The normalized spacial score (nSPS) is 17.4. The lowest BCUT2D eigenvalue weighted by molar-refractivity contribution is 0.0626. The molecule has 38 heavy (non-hydrogen) atoms. The molecule has 10 nitrogen and oxygen atoms in total. The lowest BCUT2D eigenvalue weighted by atomic mass is 10.0. The fourth-order valence-corrected chi connectivity index (χ4v) is 5.68. The summed E-state index contributed by atoms with van der Waals surface area (Å²) in [5.74, 6) is 0.654. The van der Waals surface area contributed by atoms with Crippen LogP contribution < -0.4 is 10.3 Å². The molecule has 0 aliphatic carbocycles. The van der Waals surface area contributed by atoms with E-state index in [1.807, 2.05) is 40.8 Å². The molecular weight excluding hydrogens is 484 g/mol. The Morgan fingerprint density at radius 2 is 1.95 bits per heavy atom. The zero-order valence-electron chi connectivity index (χ0n) is 21.8. The summed E-state index contributed by atoms with van der Waals surface area (Å²) in [6.07, 6.45) is 5.06. The molecule has 2 saturated heterocycles. The van der Waals surface area contributed by atoms with Crippen LogP contribution in [0.1, 0.15) is 40.4 Å². The molecule has 0 radical (unpaired) electrons. The Balaban J connectivity index is 1.27. The van der Waals surface area contributed by atoms with Gasteiger partial charge in [0, 0.05) is 68.6 Å². The Bertz CT molecular complexity index is 1550. The minimum atomic E-state index is -0.161. The summed E-state index contributed by atoms with van der Waals surface area (Å²) in [6, 6.07) is 7.96. The third kappa shape index (κ3) is 4.43. The van der Waals surface area contributed by atoms with E-state index in [1.54, 1.807) is 19.5 Å². The van der Waals surface area contributed by atoms with Gasteiger partial charge in [-0.2, -0.15) is 5.10 Å². The highest BCUT2D eigenvalue weighted by Crippen LogP contribution is 2.30. The second-order valence-corrected chi connectivity index (χ2v) is 10.1. The van der Waals surface area contributed by atoms with Crippen molar-refractivity contribution < 1.29 is 14.3 Å². The first-order valence-corrected chi connectivity index (χ1v) is 13.1. The number of methoxy groups -OCH3 is 1. The Kier molecular flexibility index (Phi) is 6.59. The number of amides is 1. The van der Waals surface area contributed by atoms with Crippen molar-refractivity contribution in [3.63, 3.8) is 0 Å². The van der Waals surface area contributed by atoms with Gasteiger partial charge in [0.25, 0.3) is 11.5 Å². The first-order valence-electron chi connectivity index (χ1n) is 13.1. The summed E-state index contributed by atoms with van der Waals surface area (Å²) in [4.78, 5) is 38.1. The number of benzene rings is 1. The maximum Gasteiger partial charge on any atom is 0.259 e. The van der Waals surface area contributed by atoms with Crippen LogP contribution in [0.4, 0.5) is 0 Å². The largest absolute Gasteiger partial charge is 0.481 e. The van der Waals surface area contributed by atoms with E-state index in [2.05, 4.69) is 20.0 Å². The zero-order valence-corrected chi connectivity index (χ0v) is 21.8. The summed E-state index contributed by atoms with van der Waals surface area (Å²) in [7, 11) is 1.63. The van der Waals surface area contributed by atoms with Crippen molar-refractivity contribution in [1.29, 1.82) is 0 Å². The van der Waals surface area contributed by atoms with E-state index in [0.717, 1.165) is 60.0 Å². The molecule has 2 fully saturated rings. The smallest absolute Gasteiger partial charge is 0.259 e. The molecule has 4 aromatic rings. The molecule has 6 rings (SSSR count). The van der Waals surface area contributed by atoms with E-state index in [0.29, 0.717) is 43.1 Å². The third-order valence-electron chi connectivity index (χ3n) is 7.77. The molecule has 0 saturated carbocycles. The number of hydrogen-bond donors (Lipinski definition) is 1. The SMILES string of the molecule is COc1ncccc1CN1CCN(C(=O)c2cc3c(cc2C)[nH]c(=O)c2cnn(C4CCOCC4)c23)CC1. The average molecular weight is 517 g/mol. The van der Waals surface area contributed by atoms with Gasteiger partial charge >= 0.3 is 0 Å². The predicted octanol–water partition coefficient (Wildman–Crippen LogP) is 2.90. The summed E-state index contributed by atoms with van der Waals surface area (Å²) in [5.41, 5.74) is 3.90. The van der Waals surface area contributed by atoms with Gasteiger partial charge in [-0.3, -0.25) is 19.2 Å².